The van der Waals surface area contributed by atoms with Crippen LogP contribution >= 0.6 is 11.8 Å². The average Bonchev–Trinajstić information content (AvgIpc) is 2.65. The summed E-state index contributed by atoms with van der Waals surface area (Å²) in [6.07, 6.45) is 0.485. The lowest BCUT2D eigenvalue weighted by Crippen LogP contribution is -2.39. The van der Waals surface area contributed by atoms with E-state index in [-0.39, 0.29) is 11.9 Å². The SMILES string of the molecule is Cc1cc(NC(=O)CC2CSCCN2)no1. The first-order valence-electron chi connectivity index (χ1n) is 5.28. The van der Waals surface area contributed by atoms with Crippen molar-refractivity contribution < 1.29 is 9.32 Å². The monoisotopic (exact) mass is 241 g/mol. The molecule has 1 amide bonds. The Morgan fingerprint density at radius 1 is 1.81 bits per heavy atom. The smallest absolute Gasteiger partial charge is 0.227 e. The van der Waals surface area contributed by atoms with Gasteiger partial charge in [-0.1, -0.05) is 5.16 Å². The molecule has 2 rings (SSSR count). The van der Waals surface area contributed by atoms with Gasteiger partial charge in [-0.2, -0.15) is 11.8 Å². The van der Waals surface area contributed by atoms with Crippen molar-refractivity contribution in [3.8, 4) is 0 Å². The van der Waals surface area contributed by atoms with Crippen LogP contribution in [0.4, 0.5) is 5.82 Å². The molecule has 1 aromatic heterocycles. The Morgan fingerprint density at radius 3 is 3.31 bits per heavy atom. The largest absolute Gasteiger partial charge is 0.360 e. The maximum absolute atomic E-state index is 11.6. The molecule has 2 N–H and O–H groups in total. The van der Waals surface area contributed by atoms with Crippen molar-refractivity contribution in [1.82, 2.24) is 10.5 Å². The van der Waals surface area contributed by atoms with Crippen LogP contribution in [-0.4, -0.2) is 35.2 Å². The topological polar surface area (TPSA) is 67.2 Å². The van der Waals surface area contributed by atoms with Crippen molar-refractivity contribution in [2.45, 2.75) is 19.4 Å². The van der Waals surface area contributed by atoms with Crippen molar-refractivity contribution in [3.05, 3.63) is 11.8 Å². The van der Waals surface area contributed by atoms with Gasteiger partial charge in [0, 0.05) is 36.6 Å². The molecule has 88 valence electrons. The van der Waals surface area contributed by atoms with Gasteiger partial charge >= 0.3 is 0 Å². The fraction of sp³-hybridized carbons (Fsp3) is 0.600. The van der Waals surface area contributed by atoms with Gasteiger partial charge in [-0.3, -0.25) is 4.79 Å². The Hall–Kier alpha value is -1.01. The molecule has 0 spiro atoms. The van der Waals surface area contributed by atoms with Gasteiger partial charge in [0.05, 0.1) is 0 Å². The molecule has 1 aliphatic heterocycles. The van der Waals surface area contributed by atoms with E-state index in [1.54, 1.807) is 13.0 Å². The third-order valence-corrected chi connectivity index (χ3v) is 3.46. The van der Waals surface area contributed by atoms with Crippen LogP contribution in [-0.2, 0) is 4.79 Å². The highest BCUT2D eigenvalue weighted by molar-refractivity contribution is 7.99. The van der Waals surface area contributed by atoms with E-state index in [0.29, 0.717) is 18.0 Å². The molecule has 6 heteroatoms. The number of anilines is 1. The molecule has 0 saturated carbocycles. The quantitative estimate of drug-likeness (QED) is 0.827. The minimum absolute atomic E-state index is 0.0201. The fourth-order valence-corrected chi connectivity index (χ4v) is 2.54. The molecule has 1 fully saturated rings. The number of nitrogens with one attached hydrogen (secondary N) is 2. The second kappa shape index (κ2) is 5.36. The van der Waals surface area contributed by atoms with Gasteiger partial charge in [-0.05, 0) is 6.92 Å². The molecule has 1 atom stereocenters. The summed E-state index contributed by atoms with van der Waals surface area (Å²) in [5.74, 6) is 3.28. The second-order valence-corrected chi connectivity index (χ2v) is 4.95. The van der Waals surface area contributed by atoms with Crippen molar-refractivity contribution in [2.75, 3.05) is 23.4 Å². The molecule has 1 unspecified atom stereocenters. The summed E-state index contributed by atoms with van der Waals surface area (Å²) in [5.41, 5.74) is 0. The van der Waals surface area contributed by atoms with Crippen LogP contribution in [0.3, 0.4) is 0 Å². The van der Waals surface area contributed by atoms with Crippen molar-refractivity contribution in [2.24, 2.45) is 0 Å². The van der Waals surface area contributed by atoms with Crippen molar-refractivity contribution in [1.29, 1.82) is 0 Å². The molecule has 0 aliphatic carbocycles. The van der Waals surface area contributed by atoms with Crippen LogP contribution in [0.15, 0.2) is 10.6 Å². The number of carbonyl (C=O) groups is 1. The van der Waals surface area contributed by atoms with Crippen molar-refractivity contribution in [3.63, 3.8) is 0 Å². The van der Waals surface area contributed by atoms with E-state index in [0.717, 1.165) is 18.1 Å². The molecule has 0 aromatic carbocycles. The molecular formula is C10H15N3O2S. The third-order valence-electron chi connectivity index (χ3n) is 2.33. The maximum atomic E-state index is 11.6. The molecule has 5 nitrogen and oxygen atoms in total. The number of thioether (sulfide) groups is 1. The van der Waals surface area contributed by atoms with Gasteiger partial charge in [0.2, 0.25) is 5.91 Å². The number of nitrogens with zero attached hydrogens (tertiary/aromatic N) is 1. The molecule has 2 heterocycles. The van der Waals surface area contributed by atoms with Crippen molar-refractivity contribution >= 4 is 23.5 Å². The Kier molecular flexibility index (Phi) is 3.84. The van der Waals surface area contributed by atoms with E-state index in [4.69, 9.17) is 4.52 Å². The highest BCUT2D eigenvalue weighted by Crippen LogP contribution is 2.12. The molecule has 1 aromatic rings. The summed E-state index contributed by atoms with van der Waals surface area (Å²) < 4.78 is 4.87. The zero-order valence-electron chi connectivity index (χ0n) is 9.16. The number of hydrogen-bond acceptors (Lipinski definition) is 5. The molecular weight excluding hydrogens is 226 g/mol. The van der Waals surface area contributed by atoms with Gasteiger partial charge in [-0.15, -0.1) is 0 Å². The fourth-order valence-electron chi connectivity index (χ4n) is 1.59. The van der Waals surface area contributed by atoms with E-state index in [2.05, 4.69) is 15.8 Å². The minimum Gasteiger partial charge on any atom is -0.360 e. The molecule has 0 bridgehead atoms. The normalized spacial score (nSPS) is 20.7. The number of aromatic nitrogens is 1. The van der Waals surface area contributed by atoms with Crippen LogP contribution in [0, 0.1) is 6.92 Å². The number of carbonyl (C=O) groups excluding carboxylic acids is 1. The molecule has 0 radical (unpaired) electrons. The first kappa shape index (κ1) is 11.5. The van der Waals surface area contributed by atoms with E-state index in [9.17, 15) is 4.79 Å². The van der Waals surface area contributed by atoms with Crippen LogP contribution in [0.5, 0.6) is 0 Å². The first-order valence-corrected chi connectivity index (χ1v) is 6.44. The highest BCUT2D eigenvalue weighted by atomic mass is 32.2. The maximum Gasteiger partial charge on any atom is 0.227 e. The Balaban J connectivity index is 1.79. The summed E-state index contributed by atoms with van der Waals surface area (Å²) >= 11 is 1.88. The molecule has 1 aliphatic rings. The Labute approximate surface area is 98.3 Å². The van der Waals surface area contributed by atoms with Crippen LogP contribution in [0.25, 0.3) is 0 Å². The molecule has 1 saturated heterocycles. The lowest BCUT2D eigenvalue weighted by atomic mass is 10.2. The summed E-state index contributed by atoms with van der Waals surface area (Å²) in [5, 5.41) is 9.75. The van der Waals surface area contributed by atoms with E-state index in [1.807, 2.05) is 11.8 Å². The van der Waals surface area contributed by atoms with Gasteiger partial charge in [0.1, 0.15) is 5.76 Å². The standard InChI is InChI=1S/C10H15N3O2S/c1-7-4-9(13-15-7)12-10(14)5-8-6-16-3-2-11-8/h4,8,11H,2-3,5-6H2,1H3,(H,12,13,14). The zero-order valence-corrected chi connectivity index (χ0v) is 9.97. The lowest BCUT2D eigenvalue weighted by molar-refractivity contribution is -0.116. The average molecular weight is 241 g/mol. The van der Waals surface area contributed by atoms with Gasteiger partial charge < -0.3 is 15.2 Å². The predicted molar refractivity (Wildman–Crippen MR) is 63.6 cm³/mol. The zero-order chi connectivity index (χ0) is 11.4. The number of hydrogen-bond donors (Lipinski definition) is 2. The van der Waals surface area contributed by atoms with Gasteiger partial charge in [0.15, 0.2) is 5.82 Å². The van der Waals surface area contributed by atoms with E-state index >= 15 is 0 Å². The lowest BCUT2D eigenvalue weighted by Gasteiger charge is -2.22. The summed E-state index contributed by atoms with van der Waals surface area (Å²) in [6, 6.07) is 1.98. The summed E-state index contributed by atoms with van der Waals surface area (Å²) in [6.45, 7) is 2.77. The Bertz CT molecular complexity index is 361. The van der Waals surface area contributed by atoms with E-state index < -0.39 is 0 Å². The van der Waals surface area contributed by atoms with Gasteiger partial charge in [0.25, 0.3) is 0 Å². The number of aryl methyl sites for hydroxylation is 1. The predicted octanol–water partition coefficient (Wildman–Crippen LogP) is 1.02. The van der Waals surface area contributed by atoms with Crippen LogP contribution < -0.4 is 10.6 Å². The van der Waals surface area contributed by atoms with Gasteiger partial charge in [-0.25, -0.2) is 0 Å². The third kappa shape index (κ3) is 3.24. The highest BCUT2D eigenvalue weighted by Gasteiger charge is 2.17. The van der Waals surface area contributed by atoms with Crippen LogP contribution in [0.2, 0.25) is 0 Å². The number of amides is 1. The molecule has 16 heavy (non-hydrogen) atoms. The van der Waals surface area contributed by atoms with E-state index in [1.165, 1.54) is 0 Å². The first-order chi connectivity index (χ1) is 7.74. The Morgan fingerprint density at radius 2 is 2.69 bits per heavy atom. The summed E-state index contributed by atoms with van der Waals surface area (Å²) in [4.78, 5) is 11.6. The second-order valence-electron chi connectivity index (χ2n) is 3.80. The summed E-state index contributed by atoms with van der Waals surface area (Å²) in [7, 11) is 0. The number of rotatable bonds is 3. The minimum atomic E-state index is -0.0201. The van der Waals surface area contributed by atoms with Crippen LogP contribution in [0.1, 0.15) is 12.2 Å².